The number of hydrogen-bond acceptors (Lipinski definition) is 9. The minimum absolute atomic E-state index is 0.0508. The van der Waals surface area contributed by atoms with Crippen molar-refractivity contribution in [2.24, 2.45) is 0 Å². The monoisotopic (exact) mass is 463 g/mol. The largest absolute Gasteiger partial charge is 0.388 e. The molecule has 0 saturated heterocycles. The van der Waals surface area contributed by atoms with Crippen molar-refractivity contribution in [1.29, 1.82) is 0 Å². The summed E-state index contributed by atoms with van der Waals surface area (Å²) in [6.07, 6.45) is -1.23. The van der Waals surface area contributed by atoms with E-state index in [-0.39, 0.29) is 17.9 Å². The molecular formula is C21H29N5O5S. The van der Waals surface area contributed by atoms with Crippen molar-refractivity contribution in [3.63, 3.8) is 0 Å². The molecule has 2 aliphatic carbocycles. The molecule has 0 spiro atoms. The normalized spacial score (nSPS) is 29.0. The molecule has 5 N–H and O–H groups in total. The van der Waals surface area contributed by atoms with Gasteiger partial charge in [0.05, 0.1) is 12.1 Å². The number of fused-ring (bicyclic) bond motifs is 1. The van der Waals surface area contributed by atoms with E-state index in [1.807, 2.05) is 10.8 Å². The van der Waals surface area contributed by atoms with E-state index in [1.165, 1.54) is 24.5 Å². The Morgan fingerprint density at radius 1 is 1.09 bits per heavy atom. The first kappa shape index (κ1) is 22.9. The second-order valence-corrected chi connectivity index (χ2v) is 10.4. The Morgan fingerprint density at radius 2 is 1.78 bits per heavy atom. The summed E-state index contributed by atoms with van der Waals surface area (Å²) in [6, 6.07) is 9.55. The zero-order chi connectivity index (χ0) is 23.1. The van der Waals surface area contributed by atoms with Crippen molar-refractivity contribution in [2.75, 3.05) is 17.7 Å². The van der Waals surface area contributed by atoms with Gasteiger partial charge in [0.1, 0.15) is 36.3 Å². The molecule has 2 aromatic rings. The van der Waals surface area contributed by atoms with Crippen LogP contribution >= 0.6 is 0 Å². The minimum Gasteiger partial charge on any atom is -0.388 e. The third-order valence-electron chi connectivity index (χ3n) is 6.23. The Bertz CT molecular complexity index is 1080. The fraction of sp³-hybridized carbons (Fsp3) is 0.524. The highest BCUT2D eigenvalue weighted by Crippen LogP contribution is 2.45. The lowest BCUT2D eigenvalue weighted by Gasteiger charge is -2.20. The van der Waals surface area contributed by atoms with Crippen LogP contribution in [0.3, 0.4) is 0 Å². The lowest BCUT2D eigenvalue weighted by molar-refractivity contribution is -0.00882. The molecule has 1 saturated carbocycles. The molecule has 32 heavy (non-hydrogen) atoms. The number of aliphatic hydroxyl groups is 2. The van der Waals surface area contributed by atoms with E-state index in [2.05, 4.69) is 52.6 Å². The van der Waals surface area contributed by atoms with Crippen molar-refractivity contribution < 1.29 is 22.8 Å². The lowest BCUT2D eigenvalue weighted by atomic mass is 9.86. The number of nitrogens with zero attached hydrogens (tertiary/aromatic N) is 2. The van der Waals surface area contributed by atoms with Crippen LogP contribution in [0.4, 0.5) is 11.6 Å². The van der Waals surface area contributed by atoms with Crippen LogP contribution in [0.2, 0.25) is 0 Å². The van der Waals surface area contributed by atoms with Gasteiger partial charge in [-0.1, -0.05) is 38.1 Å². The maximum Gasteiger partial charge on any atom is 0.335 e. The molecule has 1 heterocycles. The standard InChI is InChI=1S/C21H29N5O5S/c1-21(2)10-15(12-6-4-5-7-13(12)21)26-18-9-17(23-11-24-18)25-14-8-16(20(28)19(14)27)31-32(29,30)22-3/h4-7,9,11,14-16,19-20,22,27-28H,8,10H2,1-3H3,(H2,23,24,25,26)/t14-,15+,16-,19+,20+/m1/s1. The lowest BCUT2D eigenvalue weighted by Crippen LogP contribution is -2.38. The second-order valence-electron chi connectivity index (χ2n) is 8.92. The van der Waals surface area contributed by atoms with Gasteiger partial charge in [0.15, 0.2) is 0 Å². The fourth-order valence-corrected chi connectivity index (χ4v) is 5.21. The van der Waals surface area contributed by atoms with Crippen LogP contribution in [-0.4, -0.2) is 60.0 Å². The van der Waals surface area contributed by atoms with Crippen LogP contribution in [0.25, 0.3) is 0 Å². The molecule has 0 aliphatic heterocycles. The molecule has 10 nitrogen and oxygen atoms in total. The summed E-state index contributed by atoms with van der Waals surface area (Å²) in [5.41, 5.74) is 2.61. The number of aromatic nitrogens is 2. The number of aliphatic hydroxyl groups excluding tert-OH is 2. The summed E-state index contributed by atoms with van der Waals surface area (Å²) < 4.78 is 30.2. The summed E-state index contributed by atoms with van der Waals surface area (Å²) in [7, 11) is -2.78. The molecule has 0 radical (unpaired) electrons. The first-order valence-electron chi connectivity index (χ1n) is 10.5. The molecule has 0 unspecified atom stereocenters. The van der Waals surface area contributed by atoms with E-state index >= 15 is 0 Å². The van der Waals surface area contributed by atoms with Crippen LogP contribution < -0.4 is 15.4 Å². The van der Waals surface area contributed by atoms with E-state index in [9.17, 15) is 18.6 Å². The van der Waals surface area contributed by atoms with Gasteiger partial charge in [-0.05, 0) is 23.0 Å². The number of nitrogens with one attached hydrogen (secondary N) is 3. The molecule has 1 fully saturated rings. The van der Waals surface area contributed by atoms with Gasteiger partial charge in [-0.25, -0.2) is 9.97 Å². The average Bonchev–Trinajstić information content (AvgIpc) is 3.16. The minimum atomic E-state index is -3.99. The quantitative estimate of drug-likeness (QED) is 0.407. The summed E-state index contributed by atoms with van der Waals surface area (Å²) >= 11 is 0. The molecule has 174 valence electrons. The van der Waals surface area contributed by atoms with E-state index in [1.54, 1.807) is 6.07 Å². The Kier molecular flexibility index (Phi) is 6.12. The molecule has 0 amide bonds. The Hall–Kier alpha value is -2.31. The molecule has 0 bridgehead atoms. The number of benzene rings is 1. The average molecular weight is 464 g/mol. The van der Waals surface area contributed by atoms with Crippen LogP contribution in [0.1, 0.15) is 43.9 Å². The molecule has 11 heteroatoms. The van der Waals surface area contributed by atoms with E-state index in [0.717, 1.165) is 6.42 Å². The number of rotatable bonds is 7. The van der Waals surface area contributed by atoms with Crippen molar-refractivity contribution in [1.82, 2.24) is 14.7 Å². The first-order chi connectivity index (χ1) is 15.1. The van der Waals surface area contributed by atoms with Crippen molar-refractivity contribution in [2.45, 2.75) is 62.5 Å². The maximum absolute atomic E-state index is 11.6. The van der Waals surface area contributed by atoms with Crippen LogP contribution in [0.15, 0.2) is 36.7 Å². The van der Waals surface area contributed by atoms with Gasteiger partial charge in [-0.3, -0.25) is 4.18 Å². The van der Waals surface area contributed by atoms with Crippen molar-refractivity contribution >= 4 is 21.9 Å². The summed E-state index contributed by atoms with van der Waals surface area (Å²) in [6.45, 7) is 4.44. The zero-order valence-electron chi connectivity index (χ0n) is 18.2. The summed E-state index contributed by atoms with van der Waals surface area (Å²) in [5, 5.41) is 27.1. The van der Waals surface area contributed by atoms with Gasteiger partial charge < -0.3 is 20.8 Å². The highest BCUT2D eigenvalue weighted by atomic mass is 32.2. The van der Waals surface area contributed by atoms with Gasteiger partial charge in [0, 0.05) is 19.5 Å². The van der Waals surface area contributed by atoms with Gasteiger partial charge in [-0.2, -0.15) is 13.1 Å². The zero-order valence-corrected chi connectivity index (χ0v) is 19.0. The summed E-state index contributed by atoms with van der Waals surface area (Å²) in [4.78, 5) is 8.52. The van der Waals surface area contributed by atoms with Crippen molar-refractivity contribution in [3.8, 4) is 0 Å². The molecule has 1 aromatic heterocycles. The van der Waals surface area contributed by atoms with E-state index in [4.69, 9.17) is 4.18 Å². The highest BCUT2D eigenvalue weighted by molar-refractivity contribution is 7.84. The molecule has 5 atom stereocenters. The molecule has 1 aromatic carbocycles. The highest BCUT2D eigenvalue weighted by Gasteiger charge is 2.44. The third kappa shape index (κ3) is 4.57. The van der Waals surface area contributed by atoms with Crippen molar-refractivity contribution in [3.05, 3.63) is 47.8 Å². The molecular weight excluding hydrogens is 434 g/mol. The topological polar surface area (TPSA) is 146 Å². The van der Waals surface area contributed by atoms with Gasteiger partial charge in [0.2, 0.25) is 0 Å². The van der Waals surface area contributed by atoms with Crippen LogP contribution in [-0.2, 0) is 19.9 Å². The first-order valence-corrected chi connectivity index (χ1v) is 11.9. The maximum atomic E-state index is 11.6. The smallest absolute Gasteiger partial charge is 0.335 e. The van der Waals surface area contributed by atoms with Crippen LogP contribution in [0, 0.1) is 0 Å². The van der Waals surface area contributed by atoms with Crippen LogP contribution in [0.5, 0.6) is 0 Å². The Labute approximate surface area is 187 Å². The SMILES string of the molecule is CNS(=O)(=O)O[C@@H]1C[C@@H](Nc2cc(N[C@H]3CC(C)(C)c4ccccc43)ncn2)[C@H](O)[C@H]1O. The number of anilines is 2. The Morgan fingerprint density at radius 3 is 2.50 bits per heavy atom. The van der Waals surface area contributed by atoms with Gasteiger partial charge in [0.25, 0.3) is 0 Å². The van der Waals surface area contributed by atoms with E-state index < -0.39 is 34.7 Å². The Balaban J connectivity index is 1.45. The van der Waals surface area contributed by atoms with Gasteiger partial charge in [-0.15, -0.1) is 0 Å². The summed E-state index contributed by atoms with van der Waals surface area (Å²) in [5.74, 6) is 1.07. The second kappa shape index (κ2) is 8.56. The van der Waals surface area contributed by atoms with Gasteiger partial charge >= 0.3 is 10.3 Å². The molecule has 4 rings (SSSR count). The third-order valence-corrected chi connectivity index (χ3v) is 7.23. The predicted octanol–water partition coefficient (Wildman–Crippen LogP) is 1.07. The predicted molar refractivity (Wildman–Crippen MR) is 119 cm³/mol. The number of hydrogen-bond donors (Lipinski definition) is 5. The van der Waals surface area contributed by atoms with E-state index in [0.29, 0.717) is 11.6 Å². The molecule has 2 aliphatic rings. The fourth-order valence-electron chi connectivity index (χ4n) is 4.60.